The average molecular weight is 372 g/mol. The topological polar surface area (TPSA) is 78.6 Å². The molecule has 1 unspecified atom stereocenters. The summed E-state index contributed by atoms with van der Waals surface area (Å²) in [5, 5.41) is 24.2. The molecule has 0 aliphatic heterocycles. The van der Waals surface area contributed by atoms with Crippen molar-refractivity contribution in [1.82, 2.24) is 9.78 Å². The number of carboxylic acid groups (broad SMARTS) is 1. The van der Waals surface area contributed by atoms with E-state index in [1.807, 2.05) is 30.3 Å². The second-order valence-corrected chi connectivity index (χ2v) is 6.22. The monoisotopic (exact) mass is 371 g/mol. The number of hydrogen-bond donors (Lipinski definition) is 2. The Morgan fingerprint density at radius 3 is 2.27 bits per heavy atom. The molecule has 0 spiro atoms. The summed E-state index contributed by atoms with van der Waals surface area (Å²) in [6.07, 6.45) is -1.62. The van der Waals surface area contributed by atoms with Gasteiger partial charge >= 0.3 is 6.09 Å². The second kappa shape index (κ2) is 7.59. The Hall–Kier alpha value is -2.83. The lowest BCUT2D eigenvalue weighted by Gasteiger charge is -2.21. The first kappa shape index (κ1) is 18.0. The van der Waals surface area contributed by atoms with E-state index >= 15 is 0 Å². The van der Waals surface area contributed by atoms with Crippen LogP contribution in [0.1, 0.15) is 12.6 Å². The van der Waals surface area contributed by atoms with Crippen molar-refractivity contribution in [2.45, 2.75) is 19.4 Å². The van der Waals surface area contributed by atoms with Crippen LogP contribution in [-0.4, -0.2) is 32.2 Å². The zero-order valence-electron chi connectivity index (χ0n) is 14.1. The smallest absolute Gasteiger partial charge is 0.417 e. The molecule has 1 heterocycles. The Morgan fingerprint density at radius 1 is 1.15 bits per heavy atom. The van der Waals surface area contributed by atoms with Crippen LogP contribution in [0.2, 0.25) is 5.02 Å². The normalized spacial score (nSPS) is 12.0. The molecule has 7 heteroatoms. The summed E-state index contributed by atoms with van der Waals surface area (Å²) in [5.41, 5.74) is 1.55. The third-order valence-electron chi connectivity index (χ3n) is 3.78. The molecule has 134 valence electrons. The molecule has 0 radical (unpaired) electrons. The number of carbonyl (C=O) groups is 1. The van der Waals surface area contributed by atoms with E-state index in [0.717, 1.165) is 4.90 Å². The first-order valence-corrected chi connectivity index (χ1v) is 8.46. The Bertz CT molecular complexity index is 895. The first-order chi connectivity index (χ1) is 12.5. The van der Waals surface area contributed by atoms with E-state index in [1.165, 1.54) is 4.68 Å². The third-order valence-corrected chi connectivity index (χ3v) is 4.17. The number of benzene rings is 2. The molecule has 0 fully saturated rings. The van der Waals surface area contributed by atoms with Gasteiger partial charge in [0.15, 0.2) is 5.82 Å². The number of hydrogen-bond acceptors (Lipinski definition) is 3. The Balaban J connectivity index is 2.23. The minimum absolute atomic E-state index is 0.195. The molecule has 1 atom stereocenters. The van der Waals surface area contributed by atoms with Crippen LogP contribution in [0.15, 0.2) is 60.7 Å². The zero-order valence-corrected chi connectivity index (χ0v) is 14.8. The lowest BCUT2D eigenvalue weighted by molar-refractivity contribution is 0.194. The average Bonchev–Trinajstić information content (AvgIpc) is 2.93. The number of halogens is 1. The van der Waals surface area contributed by atoms with E-state index < -0.39 is 12.2 Å². The number of aromatic nitrogens is 2. The fraction of sp³-hybridized carbons (Fsp3) is 0.158. The minimum Gasteiger partial charge on any atom is -0.464 e. The summed E-state index contributed by atoms with van der Waals surface area (Å²) in [6, 6.07) is 17.8. The zero-order chi connectivity index (χ0) is 18.7. The van der Waals surface area contributed by atoms with Crippen molar-refractivity contribution >= 4 is 29.2 Å². The van der Waals surface area contributed by atoms with E-state index in [-0.39, 0.29) is 17.3 Å². The van der Waals surface area contributed by atoms with Gasteiger partial charge in [0, 0.05) is 6.42 Å². The van der Waals surface area contributed by atoms with Gasteiger partial charge in [0.25, 0.3) is 0 Å². The lowest BCUT2D eigenvalue weighted by atomic mass is 10.2. The van der Waals surface area contributed by atoms with Crippen molar-refractivity contribution in [3.63, 3.8) is 0 Å². The van der Waals surface area contributed by atoms with Gasteiger partial charge in [-0.25, -0.2) is 14.4 Å². The maximum atomic E-state index is 12.0. The molecular weight excluding hydrogens is 354 g/mol. The van der Waals surface area contributed by atoms with Crippen molar-refractivity contribution in [3.8, 4) is 5.69 Å². The molecule has 2 N–H and O–H groups in total. The minimum atomic E-state index is -1.18. The number of para-hydroxylation sites is 2. The van der Waals surface area contributed by atoms with Gasteiger partial charge in [-0.15, -0.1) is 0 Å². The SMILES string of the molecule is CC(O)Cc1nn(-c2ccccc2)c(N(C(=O)O)c2ccccc2)c1Cl. The van der Waals surface area contributed by atoms with Crippen LogP contribution < -0.4 is 4.90 Å². The Labute approximate surface area is 155 Å². The number of amides is 1. The van der Waals surface area contributed by atoms with E-state index in [0.29, 0.717) is 17.1 Å². The summed E-state index contributed by atoms with van der Waals surface area (Å²) >= 11 is 6.51. The molecule has 0 bridgehead atoms. The highest BCUT2D eigenvalue weighted by Gasteiger charge is 2.28. The molecule has 0 saturated heterocycles. The van der Waals surface area contributed by atoms with Crippen molar-refractivity contribution in [2.75, 3.05) is 4.90 Å². The summed E-state index contributed by atoms with van der Waals surface area (Å²) in [5.74, 6) is 0.215. The number of rotatable bonds is 5. The van der Waals surface area contributed by atoms with E-state index in [9.17, 15) is 15.0 Å². The van der Waals surface area contributed by atoms with Crippen LogP contribution in [0.3, 0.4) is 0 Å². The molecule has 1 aromatic heterocycles. The highest BCUT2D eigenvalue weighted by molar-refractivity contribution is 6.34. The molecule has 6 nitrogen and oxygen atoms in total. The van der Waals surface area contributed by atoms with E-state index in [2.05, 4.69) is 5.10 Å². The Kier molecular flexibility index (Phi) is 5.25. The van der Waals surface area contributed by atoms with Crippen LogP contribution >= 0.6 is 11.6 Å². The van der Waals surface area contributed by atoms with Crippen LogP contribution in [0, 0.1) is 0 Å². The van der Waals surface area contributed by atoms with Gasteiger partial charge in [0.2, 0.25) is 0 Å². The molecule has 3 rings (SSSR count). The number of aliphatic hydroxyl groups excluding tert-OH is 1. The van der Waals surface area contributed by atoms with Crippen LogP contribution in [0.25, 0.3) is 5.69 Å². The largest absolute Gasteiger partial charge is 0.464 e. The van der Waals surface area contributed by atoms with Gasteiger partial charge in [0.05, 0.1) is 23.2 Å². The summed E-state index contributed by atoms with van der Waals surface area (Å²) in [6.45, 7) is 1.63. The van der Waals surface area contributed by atoms with E-state index in [1.54, 1.807) is 37.3 Å². The summed E-state index contributed by atoms with van der Waals surface area (Å²) < 4.78 is 1.49. The van der Waals surface area contributed by atoms with Gasteiger partial charge in [-0.1, -0.05) is 48.0 Å². The van der Waals surface area contributed by atoms with Gasteiger partial charge < -0.3 is 10.2 Å². The van der Waals surface area contributed by atoms with Gasteiger partial charge in [0.1, 0.15) is 5.02 Å². The van der Waals surface area contributed by atoms with Gasteiger partial charge in [-0.05, 0) is 31.2 Å². The first-order valence-electron chi connectivity index (χ1n) is 8.08. The predicted octanol–water partition coefficient (Wildman–Crippen LogP) is 4.27. The molecule has 3 aromatic rings. The second-order valence-electron chi connectivity index (χ2n) is 5.84. The van der Waals surface area contributed by atoms with Gasteiger partial charge in [-0.3, -0.25) is 0 Å². The van der Waals surface area contributed by atoms with Crippen LogP contribution in [0.4, 0.5) is 16.3 Å². The summed E-state index contributed by atoms with van der Waals surface area (Å²) in [7, 11) is 0. The van der Waals surface area contributed by atoms with Crippen molar-refractivity contribution in [3.05, 3.63) is 71.4 Å². The lowest BCUT2D eigenvalue weighted by Crippen LogP contribution is -2.26. The van der Waals surface area contributed by atoms with Crippen molar-refractivity contribution < 1.29 is 15.0 Å². The highest BCUT2D eigenvalue weighted by Crippen LogP contribution is 2.36. The number of anilines is 2. The van der Waals surface area contributed by atoms with Crippen molar-refractivity contribution in [1.29, 1.82) is 0 Å². The van der Waals surface area contributed by atoms with Crippen LogP contribution in [0.5, 0.6) is 0 Å². The molecule has 0 aliphatic carbocycles. The highest BCUT2D eigenvalue weighted by atomic mass is 35.5. The standard InChI is InChI=1S/C19H18ClN3O3/c1-13(24)12-16-17(20)18(23(21-16)15-10-6-3-7-11-15)22(19(25)26)14-8-4-2-5-9-14/h2-11,13,24H,12H2,1H3,(H,25,26). The summed E-state index contributed by atoms with van der Waals surface area (Å²) in [4.78, 5) is 13.1. The number of aliphatic hydroxyl groups is 1. The Morgan fingerprint density at radius 2 is 1.73 bits per heavy atom. The maximum absolute atomic E-state index is 12.0. The van der Waals surface area contributed by atoms with Crippen LogP contribution in [-0.2, 0) is 6.42 Å². The molecular formula is C19H18ClN3O3. The third kappa shape index (κ3) is 3.56. The van der Waals surface area contributed by atoms with E-state index in [4.69, 9.17) is 11.6 Å². The quantitative estimate of drug-likeness (QED) is 0.702. The number of nitrogens with zero attached hydrogens (tertiary/aromatic N) is 3. The molecule has 26 heavy (non-hydrogen) atoms. The molecule has 1 amide bonds. The predicted molar refractivity (Wildman–Crippen MR) is 101 cm³/mol. The fourth-order valence-corrected chi connectivity index (χ4v) is 2.97. The fourth-order valence-electron chi connectivity index (χ4n) is 2.69. The van der Waals surface area contributed by atoms with Gasteiger partial charge in [-0.2, -0.15) is 5.10 Å². The van der Waals surface area contributed by atoms with Crippen molar-refractivity contribution in [2.24, 2.45) is 0 Å². The molecule has 0 aliphatic rings. The molecule has 2 aromatic carbocycles. The maximum Gasteiger partial charge on any atom is 0.417 e. The molecule has 0 saturated carbocycles.